The Bertz CT molecular complexity index is 715. The molecule has 1 amide bonds. The first-order chi connectivity index (χ1) is 11.6. The van der Waals surface area contributed by atoms with E-state index in [9.17, 15) is 13.2 Å². The van der Waals surface area contributed by atoms with Gasteiger partial charge in [0.1, 0.15) is 6.04 Å². The van der Waals surface area contributed by atoms with Crippen molar-refractivity contribution in [3.05, 3.63) is 30.3 Å². The summed E-state index contributed by atoms with van der Waals surface area (Å²) < 4.78 is 33.1. The van der Waals surface area contributed by atoms with Crippen molar-refractivity contribution in [1.82, 2.24) is 9.21 Å². The van der Waals surface area contributed by atoms with Crippen molar-refractivity contribution >= 4 is 15.9 Å². The molecule has 1 saturated carbocycles. The molecule has 6 nitrogen and oxygen atoms in total. The monoisotopic (exact) mass is 350 g/mol. The van der Waals surface area contributed by atoms with Gasteiger partial charge in [-0.3, -0.25) is 4.79 Å². The lowest BCUT2D eigenvalue weighted by Gasteiger charge is -2.37. The second-order valence-electron chi connectivity index (χ2n) is 6.76. The van der Waals surface area contributed by atoms with Crippen LogP contribution in [0.1, 0.15) is 19.3 Å². The van der Waals surface area contributed by atoms with Crippen LogP contribution < -0.4 is 0 Å². The molecule has 4 rings (SSSR count). The van der Waals surface area contributed by atoms with Crippen LogP contribution in [0.4, 0.5) is 0 Å². The van der Waals surface area contributed by atoms with E-state index in [1.807, 2.05) is 0 Å². The predicted molar refractivity (Wildman–Crippen MR) is 87.8 cm³/mol. The summed E-state index contributed by atoms with van der Waals surface area (Å²) >= 11 is 0. The number of sulfonamides is 1. The number of ether oxygens (including phenoxy) is 1. The third-order valence-corrected chi connectivity index (χ3v) is 7.37. The molecule has 1 aromatic carbocycles. The number of morpholine rings is 1. The second kappa shape index (κ2) is 6.13. The number of fused-ring (bicyclic) bond motifs is 2. The molecule has 0 aromatic heterocycles. The highest BCUT2D eigenvalue weighted by Gasteiger charge is 2.55. The summed E-state index contributed by atoms with van der Waals surface area (Å²) in [4.78, 5) is 15.1. The van der Waals surface area contributed by atoms with Gasteiger partial charge in [-0.2, -0.15) is 4.31 Å². The highest BCUT2D eigenvalue weighted by molar-refractivity contribution is 7.89. The van der Waals surface area contributed by atoms with E-state index < -0.39 is 16.1 Å². The largest absolute Gasteiger partial charge is 0.378 e. The average Bonchev–Trinajstić information content (AvgIpc) is 3.24. The third-order valence-electron chi connectivity index (χ3n) is 5.42. The number of rotatable bonds is 3. The van der Waals surface area contributed by atoms with Gasteiger partial charge in [0.05, 0.1) is 18.1 Å². The minimum absolute atomic E-state index is 0.0461. The molecule has 0 radical (unpaired) electrons. The van der Waals surface area contributed by atoms with E-state index in [0.717, 1.165) is 19.3 Å². The van der Waals surface area contributed by atoms with Gasteiger partial charge in [0.15, 0.2) is 0 Å². The lowest BCUT2D eigenvalue weighted by Crippen LogP contribution is -2.55. The molecule has 130 valence electrons. The number of hydrogen-bond donors (Lipinski definition) is 0. The summed E-state index contributed by atoms with van der Waals surface area (Å²) in [6.45, 7) is 2.15. The number of benzene rings is 1. The standard InChI is InChI=1S/C17H22N2O4S/c20-17(18-8-10-23-11-9-18)16-13-6-7-14(12-13)19(16)24(21,22)15-4-2-1-3-5-15/h1-5,13-14,16H,6-12H2. The van der Waals surface area contributed by atoms with Crippen LogP contribution in [-0.2, 0) is 19.6 Å². The SMILES string of the molecule is O=C(C1C2CCC(C2)N1S(=O)(=O)c1ccccc1)N1CCOCC1. The van der Waals surface area contributed by atoms with Crippen LogP contribution in [0.3, 0.4) is 0 Å². The van der Waals surface area contributed by atoms with E-state index in [0.29, 0.717) is 26.3 Å². The molecule has 2 heterocycles. The van der Waals surface area contributed by atoms with Crippen LogP contribution >= 0.6 is 0 Å². The van der Waals surface area contributed by atoms with E-state index in [1.165, 1.54) is 4.31 Å². The smallest absolute Gasteiger partial charge is 0.244 e. The van der Waals surface area contributed by atoms with Crippen LogP contribution in [0.2, 0.25) is 0 Å². The Kier molecular flexibility index (Phi) is 4.10. The van der Waals surface area contributed by atoms with Crippen LogP contribution in [0.5, 0.6) is 0 Å². The normalized spacial score (nSPS) is 30.7. The van der Waals surface area contributed by atoms with Gasteiger partial charge in [0.25, 0.3) is 0 Å². The van der Waals surface area contributed by atoms with Crippen molar-refractivity contribution < 1.29 is 17.9 Å². The molecule has 3 unspecified atom stereocenters. The van der Waals surface area contributed by atoms with E-state index in [4.69, 9.17) is 4.74 Å². The lowest BCUT2D eigenvalue weighted by molar-refractivity contribution is -0.140. The van der Waals surface area contributed by atoms with Gasteiger partial charge in [-0.15, -0.1) is 0 Å². The number of nitrogens with zero attached hydrogens (tertiary/aromatic N) is 2. The molecule has 3 aliphatic rings. The molecule has 3 fully saturated rings. The summed E-state index contributed by atoms with van der Waals surface area (Å²) in [6.07, 6.45) is 2.59. The van der Waals surface area contributed by atoms with E-state index in [2.05, 4.69) is 0 Å². The molecule has 0 spiro atoms. The highest BCUT2D eigenvalue weighted by Crippen LogP contribution is 2.45. The second-order valence-corrected chi connectivity index (χ2v) is 8.60. The molecule has 0 N–H and O–H groups in total. The highest BCUT2D eigenvalue weighted by atomic mass is 32.2. The first-order valence-electron chi connectivity index (χ1n) is 8.54. The Morgan fingerprint density at radius 1 is 1.08 bits per heavy atom. The van der Waals surface area contributed by atoms with Crippen molar-refractivity contribution in [3.8, 4) is 0 Å². The summed E-state index contributed by atoms with van der Waals surface area (Å²) in [5.41, 5.74) is 0. The Labute approximate surface area is 142 Å². The van der Waals surface area contributed by atoms with Gasteiger partial charge in [0.2, 0.25) is 15.9 Å². The quantitative estimate of drug-likeness (QED) is 0.818. The van der Waals surface area contributed by atoms with Crippen molar-refractivity contribution in [2.75, 3.05) is 26.3 Å². The average molecular weight is 350 g/mol. The molecular formula is C17H22N2O4S. The number of piperidine rings is 1. The minimum atomic E-state index is -3.65. The number of carbonyl (C=O) groups is 1. The summed E-state index contributed by atoms with van der Waals surface area (Å²) in [6, 6.07) is 7.86. The number of hydrogen-bond acceptors (Lipinski definition) is 4. The van der Waals surface area contributed by atoms with Crippen LogP contribution in [0, 0.1) is 5.92 Å². The van der Waals surface area contributed by atoms with Gasteiger partial charge in [-0.1, -0.05) is 18.2 Å². The van der Waals surface area contributed by atoms with Gasteiger partial charge in [0, 0.05) is 19.1 Å². The van der Waals surface area contributed by atoms with E-state index >= 15 is 0 Å². The summed E-state index contributed by atoms with van der Waals surface area (Å²) in [5, 5.41) is 0. The first kappa shape index (κ1) is 16.1. The molecule has 2 saturated heterocycles. The van der Waals surface area contributed by atoms with Crippen molar-refractivity contribution in [2.24, 2.45) is 5.92 Å². The van der Waals surface area contributed by atoms with Crippen molar-refractivity contribution in [3.63, 3.8) is 0 Å². The summed E-state index contributed by atoms with van der Waals surface area (Å²) in [5.74, 6) is 0.0915. The molecule has 2 aliphatic heterocycles. The lowest BCUT2D eigenvalue weighted by atomic mass is 9.98. The zero-order valence-electron chi connectivity index (χ0n) is 13.5. The molecule has 2 bridgehead atoms. The maximum Gasteiger partial charge on any atom is 0.244 e. The number of amides is 1. The Balaban J connectivity index is 1.66. The molecule has 3 atom stereocenters. The van der Waals surface area contributed by atoms with Gasteiger partial charge in [-0.25, -0.2) is 8.42 Å². The van der Waals surface area contributed by atoms with Crippen LogP contribution in [0.15, 0.2) is 35.2 Å². The molecule has 1 aromatic rings. The van der Waals surface area contributed by atoms with E-state index in [1.54, 1.807) is 35.2 Å². The fourth-order valence-corrected chi connectivity index (χ4v) is 6.18. The third kappa shape index (κ3) is 2.55. The molecular weight excluding hydrogens is 328 g/mol. The molecule has 24 heavy (non-hydrogen) atoms. The fraction of sp³-hybridized carbons (Fsp3) is 0.588. The maximum absolute atomic E-state index is 13.2. The van der Waals surface area contributed by atoms with Crippen molar-refractivity contribution in [2.45, 2.75) is 36.2 Å². The minimum Gasteiger partial charge on any atom is -0.378 e. The first-order valence-corrected chi connectivity index (χ1v) is 9.98. The Hall–Kier alpha value is -1.44. The van der Waals surface area contributed by atoms with Crippen molar-refractivity contribution in [1.29, 1.82) is 0 Å². The van der Waals surface area contributed by atoms with Gasteiger partial charge < -0.3 is 9.64 Å². The Morgan fingerprint density at radius 3 is 2.50 bits per heavy atom. The van der Waals surface area contributed by atoms with Crippen LogP contribution in [-0.4, -0.2) is 61.9 Å². The number of carbonyl (C=O) groups excluding carboxylic acids is 1. The maximum atomic E-state index is 13.2. The topological polar surface area (TPSA) is 66.9 Å². The van der Waals surface area contributed by atoms with Gasteiger partial charge in [-0.05, 0) is 37.3 Å². The van der Waals surface area contributed by atoms with Gasteiger partial charge >= 0.3 is 0 Å². The molecule has 7 heteroatoms. The fourth-order valence-electron chi connectivity index (χ4n) is 4.29. The Morgan fingerprint density at radius 2 is 1.79 bits per heavy atom. The van der Waals surface area contributed by atoms with E-state index in [-0.39, 0.29) is 22.8 Å². The summed E-state index contributed by atoms with van der Waals surface area (Å²) in [7, 11) is -3.65. The zero-order chi connectivity index (χ0) is 16.7. The van der Waals surface area contributed by atoms with Crippen LogP contribution in [0.25, 0.3) is 0 Å². The predicted octanol–water partition coefficient (Wildman–Crippen LogP) is 1.09. The zero-order valence-corrected chi connectivity index (χ0v) is 14.3. The molecule has 1 aliphatic carbocycles.